The molecule has 1 rings (SSSR count). The van der Waals surface area contributed by atoms with Crippen LogP contribution in [0.25, 0.3) is 0 Å². The van der Waals surface area contributed by atoms with Gasteiger partial charge in [0.2, 0.25) is 0 Å². The highest BCUT2D eigenvalue weighted by molar-refractivity contribution is 5.26. The highest BCUT2D eigenvalue weighted by Gasteiger charge is 1.98. The van der Waals surface area contributed by atoms with Crippen LogP contribution in [0.1, 0.15) is 37.8 Å². The summed E-state index contributed by atoms with van der Waals surface area (Å²) in [5.74, 6) is 6.17. The summed E-state index contributed by atoms with van der Waals surface area (Å²) in [6.45, 7) is 2.17. The summed E-state index contributed by atoms with van der Waals surface area (Å²) >= 11 is 0. The molecule has 0 saturated carbocycles. The molecule has 0 radical (unpaired) electrons. The van der Waals surface area contributed by atoms with Gasteiger partial charge < -0.3 is 5.73 Å². The first-order valence-electron chi connectivity index (χ1n) is 5.13. The molecule has 0 aliphatic rings. The van der Waals surface area contributed by atoms with Crippen molar-refractivity contribution < 1.29 is 0 Å². The van der Waals surface area contributed by atoms with Gasteiger partial charge in [-0.1, -0.05) is 49.6 Å². The van der Waals surface area contributed by atoms with Crippen LogP contribution in [-0.4, -0.2) is 0 Å². The smallest absolute Gasteiger partial charge is 0.0920 e. The SMILES string of the molecule is CCCCC#C[C@H](N)c1ccccc1. The van der Waals surface area contributed by atoms with Crippen LogP contribution in [-0.2, 0) is 0 Å². The monoisotopic (exact) mass is 187 g/mol. The molecule has 0 spiro atoms. The van der Waals surface area contributed by atoms with E-state index in [9.17, 15) is 0 Å². The quantitative estimate of drug-likeness (QED) is 0.571. The van der Waals surface area contributed by atoms with Crippen LogP contribution in [0.5, 0.6) is 0 Å². The number of rotatable bonds is 3. The minimum Gasteiger partial charge on any atom is -0.314 e. The summed E-state index contributed by atoms with van der Waals surface area (Å²) in [6.07, 6.45) is 3.31. The lowest BCUT2D eigenvalue weighted by molar-refractivity contribution is 0.825. The van der Waals surface area contributed by atoms with Crippen molar-refractivity contribution in [2.75, 3.05) is 0 Å². The molecule has 1 atom stereocenters. The normalized spacial score (nSPS) is 11.6. The molecule has 74 valence electrons. The third-order valence-corrected chi connectivity index (χ3v) is 2.07. The Hall–Kier alpha value is -1.26. The van der Waals surface area contributed by atoms with E-state index in [-0.39, 0.29) is 6.04 Å². The standard InChI is InChI=1S/C13H17N/c1-2-3-4-8-11-13(14)12-9-6-5-7-10-12/h5-7,9-10,13H,2-4,14H2,1H3/t13-/m0/s1. The fourth-order valence-corrected chi connectivity index (χ4v) is 1.19. The first-order chi connectivity index (χ1) is 6.84. The van der Waals surface area contributed by atoms with Gasteiger partial charge >= 0.3 is 0 Å². The number of hydrogen-bond acceptors (Lipinski definition) is 1. The van der Waals surface area contributed by atoms with Crippen LogP contribution in [0.4, 0.5) is 0 Å². The number of benzene rings is 1. The van der Waals surface area contributed by atoms with Crippen molar-refractivity contribution in [3.05, 3.63) is 35.9 Å². The lowest BCUT2D eigenvalue weighted by Gasteiger charge is -2.02. The molecule has 14 heavy (non-hydrogen) atoms. The van der Waals surface area contributed by atoms with Gasteiger partial charge in [-0.25, -0.2) is 0 Å². The van der Waals surface area contributed by atoms with Crippen molar-refractivity contribution in [1.29, 1.82) is 0 Å². The Kier molecular flexibility index (Phi) is 4.82. The Bertz CT molecular complexity index is 305. The van der Waals surface area contributed by atoms with Gasteiger partial charge in [-0.3, -0.25) is 0 Å². The fraction of sp³-hybridized carbons (Fsp3) is 0.385. The number of unbranched alkanes of at least 4 members (excludes halogenated alkanes) is 2. The van der Waals surface area contributed by atoms with E-state index in [4.69, 9.17) is 5.73 Å². The van der Waals surface area contributed by atoms with Crippen LogP contribution in [0, 0.1) is 11.8 Å². The second-order valence-corrected chi connectivity index (χ2v) is 3.31. The molecule has 0 amide bonds. The Labute approximate surface area is 86.3 Å². The molecule has 0 aromatic heterocycles. The zero-order chi connectivity index (χ0) is 10.2. The molecule has 1 heteroatoms. The fourth-order valence-electron chi connectivity index (χ4n) is 1.19. The predicted octanol–water partition coefficient (Wildman–Crippen LogP) is 2.88. The highest BCUT2D eigenvalue weighted by atomic mass is 14.6. The number of nitrogens with two attached hydrogens (primary N) is 1. The van der Waals surface area contributed by atoms with Crippen molar-refractivity contribution >= 4 is 0 Å². The molecule has 1 nitrogen and oxygen atoms in total. The van der Waals surface area contributed by atoms with Crippen molar-refractivity contribution in [2.45, 2.75) is 32.2 Å². The Balaban J connectivity index is 2.49. The molecule has 0 saturated heterocycles. The van der Waals surface area contributed by atoms with E-state index in [1.54, 1.807) is 0 Å². The maximum Gasteiger partial charge on any atom is 0.0920 e. The van der Waals surface area contributed by atoms with Crippen molar-refractivity contribution in [2.24, 2.45) is 5.73 Å². The van der Waals surface area contributed by atoms with Crippen molar-refractivity contribution in [3.63, 3.8) is 0 Å². The van der Waals surface area contributed by atoms with Gasteiger partial charge in [0.05, 0.1) is 6.04 Å². The minimum absolute atomic E-state index is 0.131. The lowest BCUT2D eigenvalue weighted by atomic mass is 10.1. The average molecular weight is 187 g/mol. The van der Waals surface area contributed by atoms with Gasteiger partial charge in [0, 0.05) is 6.42 Å². The molecule has 0 heterocycles. The van der Waals surface area contributed by atoms with E-state index in [0.717, 1.165) is 18.4 Å². The minimum atomic E-state index is -0.131. The molecular weight excluding hydrogens is 170 g/mol. The molecule has 1 aromatic rings. The summed E-state index contributed by atoms with van der Waals surface area (Å²) < 4.78 is 0. The summed E-state index contributed by atoms with van der Waals surface area (Å²) in [5.41, 5.74) is 7.00. The first-order valence-corrected chi connectivity index (χ1v) is 5.13. The molecule has 1 aromatic carbocycles. The molecule has 0 fully saturated rings. The molecule has 0 bridgehead atoms. The second kappa shape index (κ2) is 6.23. The van der Waals surface area contributed by atoms with Gasteiger partial charge in [0.15, 0.2) is 0 Å². The van der Waals surface area contributed by atoms with Crippen LogP contribution < -0.4 is 5.73 Å². The summed E-state index contributed by atoms with van der Waals surface area (Å²) in [7, 11) is 0. The second-order valence-electron chi connectivity index (χ2n) is 3.31. The largest absolute Gasteiger partial charge is 0.314 e. The third kappa shape index (κ3) is 3.64. The molecule has 0 aliphatic carbocycles. The first kappa shape index (κ1) is 10.8. The van der Waals surface area contributed by atoms with E-state index in [0.29, 0.717) is 0 Å². The van der Waals surface area contributed by atoms with Gasteiger partial charge in [-0.2, -0.15) is 0 Å². The van der Waals surface area contributed by atoms with E-state index < -0.39 is 0 Å². The highest BCUT2D eigenvalue weighted by Crippen LogP contribution is 2.07. The number of hydrogen-bond donors (Lipinski definition) is 1. The molecule has 0 aliphatic heterocycles. The summed E-state index contributed by atoms with van der Waals surface area (Å²) in [5, 5.41) is 0. The van der Waals surface area contributed by atoms with E-state index in [1.807, 2.05) is 30.3 Å². The maximum atomic E-state index is 5.90. The van der Waals surface area contributed by atoms with E-state index in [2.05, 4.69) is 18.8 Å². The zero-order valence-corrected chi connectivity index (χ0v) is 8.66. The summed E-state index contributed by atoms with van der Waals surface area (Å²) in [6, 6.07) is 9.86. The Morgan fingerprint density at radius 2 is 2.00 bits per heavy atom. The zero-order valence-electron chi connectivity index (χ0n) is 8.66. The topological polar surface area (TPSA) is 26.0 Å². The molecule has 2 N–H and O–H groups in total. The summed E-state index contributed by atoms with van der Waals surface area (Å²) in [4.78, 5) is 0. The van der Waals surface area contributed by atoms with Crippen LogP contribution in [0.3, 0.4) is 0 Å². The van der Waals surface area contributed by atoms with Crippen LogP contribution in [0.15, 0.2) is 30.3 Å². The third-order valence-electron chi connectivity index (χ3n) is 2.07. The van der Waals surface area contributed by atoms with Gasteiger partial charge in [0.25, 0.3) is 0 Å². The Morgan fingerprint density at radius 1 is 1.29 bits per heavy atom. The van der Waals surface area contributed by atoms with Gasteiger partial charge in [-0.05, 0) is 12.0 Å². The maximum absolute atomic E-state index is 5.90. The molecule has 0 unspecified atom stereocenters. The Morgan fingerprint density at radius 3 is 2.64 bits per heavy atom. The van der Waals surface area contributed by atoms with Crippen LogP contribution in [0.2, 0.25) is 0 Å². The lowest BCUT2D eigenvalue weighted by Crippen LogP contribution is -2.06. The van der Waals surface area contributed by atoms with Crippen LogP contribution >= 0.6 is 0 Å². The van der Waals surface area contributed by atoms with Gasteiger partial charge in [-0.15, -0.1) is 5.92 Å². The van der Waals surface area contributed by atoms with Gasteiger partial charge in [0.1, 0.15) is 0 Å². The van der Waals surface area contributed by atoms with Crippen molar-refractivity contribution in [1.82, 2.24) is 0 Å². The molecular formula is C13H17N. The van der Waals surface area contributed by atoms with E-state index in [1.165, 1.54) is 6.42 Å². The predicted molar refractivity (Wildman–Crippen MR) is 60.7 cm³/mol. The average Bonchev–Trinajstić information content (AvgIpc) is 2.25. The van der Waals surface area contributed by atoms with E-state index >= 15 is 0 Å². The van der Waals surface area contributed by atoms with Crippen molar-refractivity contribution in [3.8, 4) is 11.8 Å².